The molecule has 7 nitrogen and oxygen atoms in total. The minimum absolute atomic E-state index is 0.209. The number of hydrogen-bond acceptors (Lipinski definition) is 4. The van der Waals surface area contributed by atoms with Crippen LogP contribution in [0.1, 0.15) is 68.8 Å². The average Bonchev–Trinajstić information content (AvgIpc) is 3.41. The molecule has 2 fully saturated rings. The number of halogens is 1. The highest BCUT2D eigenvalue weighted by atomic mass is 35.5. The van der Waals surface area contributed by atoms with Gasteiger partial charge in [0.25, 0.3) is 11.5 Å². The summed E-state index contributed by atoms with van der Waals surface area (Å²) in [4.78, 5) is 30.2. The van der Waals surface area contributed by atoms with Crippen LogP contribution in [-0.4, -0.2) is 22.4 Å². The summed E-state index contributed by atoms with van der Waals surface area (Å²) in [7, 11) is 0. The van der Waals surface area contributed by atoms with Crippen LogP contribution in [0.5, 0.6) is 0 Å². The maximum absolute atomic E-state index is 13.6. The van der Waals surface area contributed by atoms with Gasteiger partial charge in [-0.1, -0.05) is 37.3 Å². The summed E-state index contributed by atoms with van der Waals surface area (Å²) in [6.07, 6.45) is 13.0. The van der Waals surface area contributed by atoms with Gasteiger partial charge in [-0.25, -0.2) is 4.99 Å². The topological polar surface area (TPSA) is 102 Å². The highest BCUT2D eigenvalue weighted by molar-refractivity contribution is 6.34. The van der Waals surface area contributed by atoms with Gasteiger partial charge in [-0.3, -0.25) is 14.2 Å². The van der Waals surface area contributed by atoms with E-state index in [1.165, 1.54) is 6.34 Å². The third-order valence-electron chi connectivity index (χ3n) is 6.80. The molecular formula is C21H28ClN5O2. The van der Waals surface area contributed by atoms with Crippen molar-refractivity contribution in [3.05, 3.63) is 39.4 Å². The van der Waals surface area contributed by atoms with E-state index in [1.54, 1.807) is 16.8 Å². The zero-order valence-electron chi connectivity index (χ0n) is 16.7. The molecule has 4 N–H and O–H groups in total. The zero-order chi connectivity index (χ0) is 20.6. The van der Waals surface area contributed by atoms with Crippen molar-refractivity contribution < 1.29 is 4.79 Å². The maximum Gasteiger partial charge on any atom is 0.276 e. The lowest BCUT2D eigenvalue weighted by atomic mass is 9.92. The standard InChI is InChI=1S/C21H28ClN5O2/c1-20(14-6-2-3-7-14)26-18(28)17-15(22)12-16(19(29)27(17)20)25-21(8-4-5-9-21)10-11-24-13-23/h10-14,25H,2-9H2,1H3,(H2,23,24)(H,26,28)/b11-10-. The molecule has 3 aliphatic rings. The predicted molar refractivity (Wildman–Crippen MR) is 115 cm³/mol. The van der Waals surface area contributed by atoms with Crippen LogP contribution in [-0.2, 0) is 5.66 Å². The number of nitrogens with one attached hydrogen (secondary N) is 2. The van der Waals surface area contributed by atoms with E-state index in [2.05, 4.69) is 15.6 Å². The Bertz CT molecular complexity index is 926. The lowest BCUT2D eigenvalue weighted by Crippen LogP contribution is -2.50. The summed E-state index contributed by atoms with van der Waals surface area (Å²) >= 11 is 6.51. The van der Waals surface area contributed by atoms with Crippen LogP contribution in [0.25, 0.3) is 0 Å². The Morgan fingerprint density at radius 1 is 1.28 bits per heavy atom. The fourth-order valence-corrected chi connectivity index (χ4v) is 5.57. The number of carbonyl (C=O) groups excluding carboxylic acids is 1. The van der Waals surface area contributed by atoms with Gasteiger partial charge >= 0.3 is 0 Å². The van der Waals surface area contributed by atoms with Gasteiger partial charge in [0.05, 0.1) is 16.9 Å². The second kappa shape index (κ2) is 7.52. The van der Waals surface area contributed by atoms with E-state index in [4.69, 9.17) is 17.3 Å². The molecule has 29 heavy (non-hydrogen) atoms. The number of aliphatic imine (C=N–C) groups is 1. The number of anilines is 1. The summed E-state index contributed by atoms with van der Waals surface area (Å²) in [5, 5.41) is 6.79. The van der Waals surface area contributed by atoms with Crippen LogP contribution in [0, 0.1) is 5.92 Å². The fourth-order valence-electron chi connectivity index (χ4n) is 5.29. The molecule has 1 amide bonds. The number of fused-ring (bicyclic) bond motifs is 1. The molecule has 1 aromatic rings. The van der Waals surface area contributed by atoms with Crippen molar-refractivity contribution in [2.75, 3.05) is 5.32 Å². The summed E-state index contributed by atoms with van der Waals surface area (Å²) in [5.74, 6) is -0.0586. The van der Waals surface area contributed by atoms with E-state index in [0.29, 0.717) is 10.7 Å². The second-order valence-electron chi connectivity index (χ2n) is 8.58. The summed E-state index contributed by atoms with van der Waals surface area (Å²) in [5.41, 5.74) is 4.70. The van der Waals surface area contributed by atoms with Gasteiger partial charge in [-0.2, -0.15) is 0 Å². The Morgan fingerprint density at radius 3 is 2.62 bits per heavy atom. The molecule has 0 radical (unpaired) electrons. The summed E-state index contributed by atoms with van der Waals surface area (Å²) in [6.45, 7) is 1.94. The lowest BCUT2D eigenvalue weighted by Gasteiger charge is -2.34. The lowest BCUT2D eigenvalue weighted by molar-refractivity contribution is 0.0874. The molecule has 1 aromatic heterocycles. The highest BCUT2D eigenvalue weighted by Gasteiger charge is 2.48. The minimum atomic E-state index is -0.746. The van der Waals surface area contributed by atoms with Crippen molar-refractivity contribution in [3.63, 3.8) is 0 Å². The minimum Gasteiger partial charge on any atom is -0.390 e. The number of aromatic nitrogens is 1. The molecule has 2 saturated carbocycles. The molecule has 0 bridgehead atoms. The number of rotatable bonds is 5. The van der Waals surface area contributed by atoms with Crippen LogP contribution in [0.15, 0.2) is 28.1 Å². The van der Waals surface area contributed by atoms with Crippen LogP contribution < -0.4 is 21.9 Å². The van der Waals surface area contributed by atoms with Crippen LogP contribution >= 0.6 is 11.6 Å². The Hall–Kier alpha value is -2.28. The van der Waals surface area contributed by atoms with Crippen molar-refractivity contribution in [1.82, 2.24) is 9.88 Å². The number of amides is 1. The van der Waals surface area contributed by atoms with Gasteiger partial charge in [0.15, 0.2) is 0 Å². The van der Waals surface area contributed by atoms with E-state index in [9.17, 15) is 9.59 Å². The van der Waals surface area contributed by atoms with Crippen LogP contribution in [0.4, 0.5) is 5.69 Å². The Balaban J connectivity index is 1.78. The zero-order valence-corrected chi connectivity index (χ0v) is 17.5. The van der Waals surface area contributed by atoms with Crippen molar-refractivity contribution in [2.45, 2.75) is 69.5 Å². The van der Waals surface area contributed by atoms with Gasteiger partial charge < -0.3 is 16.4 Å². The van der Waals surface area contributed by atoms with Crippen molar-refractivity contribution in [1.29, 1.82) is 0 Å². The Kier molecular flexibility index (Phi) is 5.19. The molecule has 2 aliphatic carbocycles. The second-order valence-corrected chi connectivity index (χ2v) is 8.99. The van der Waals surface area contributed by atoms with Crippen LogP contribution in [0.3, 0.4) is 0 Å². The van der Waals surface area contributed by atoms with Crippen molar-refractivity contribution in [2.24, 2.45) is 16.6 Å². The van der Waals surface area contributed by atoms with Crippen LogP contribution in [0.2, 0.25) is 5.02 Å². The maximum atomic E-state index is 13.6. The third-order valence-corrected chi connectivity index (χ3v) is 7.08. The van der Waals surface area contributed by atoms with Gasteiger partial charge in [0, 0.05) is 12.1 Å². The Morgan fingerprint density at radius 2 is 1.97 bits per heavy atom. The first-order chi connectivity index (χ1) is 13.9. The normalized spacial score (nSPS) is 26.5. The molecule has 0 spiro atoms. The highest BCUT2D eigenvalue weighted by Crippen LogP contribution is 2.41. The SMILES string of the molecule is CC1(C2CCCC2)NC(=O)c2c(Cl)cc(NC3(/C=C\N=C/N)CCCC3)c(=O)n21. The molecule has 0 aromatic carbocycles. The number of pyridine rings is 1. The third kappa shape index (κ3) is 3.35. The number of nitrogens with two attached hydrogens (primary N) is 1. The van der Waals surface area contributed by atoms with E-state index >= 15 is 0 Å². The first-order valence-corrected chi connectivity index (χ1v) is 10.8. The van der Waals surface area contributed by atoms with E-state index in [0.717, 1.165) is 51.4 Å². The monoisotopic (exact) mass is 417 g/mol. The van der Waals surface area contributed by atoms with E-state index in [1.807, 2.05) is 13.0 Å². The Labute approximate surface area is 175 Å². The molecule has 156 valence electrons. The molecule has 8 heteroatoms. The number of hydrogen-bond donors (Lipinski definition) is 3. The van der Waals surface area contributed by atoms with Gasteiger partial charge in [-0.15, -0.1) is 0 Å². The molecule has 1 atom stereocenters. The molecule has 1 unspecified atom stereocenters. The van der Waals surface area contributed by atoms with Crippen molar-refractivity contribution in [3.8, 4) is 0 Å². The largest absolute Gasteiger partial charge is 0.390 e. The molecule has 2 heterocycles. The van der Waals surface area contributed by atoms with Crippen molar-refractivity contribution >= 4 is 29.5 Å². The first kappa shape index (κ1) is 20.0. The molecule has 1 aliphatic heterocycles. The molecule has 0 saturated heterocycles. The first-order valence-electron chi connectivity index (χ1n) is 10.4. The molecular weight excluding hydrogens is 390 g/mol. The van der Waals surface area contributed by atoms with E-state index < -0.39 is 5.66 Å². The molecule has 4 rings (SSSR count). The quantitative estimate of drug-likeness (QED) is 0.505. The average molecular weight is 418 g/mol. The van der Waals surface area contributed by atoms with Gasteiger partial charge in [0.2, 0.25) is 0 Å². The van der Waals surface area contributed by atoms with E-state index in [-0.39, 0.29) is 28.6 Å². The van der Waals surface area contributed by atoms with Gasteiger partial charge in [-0.05, 0) is 44.7 Å². The number of carbonyl (C=O) groups is 1. The van der Waals surface area contributed by atoms with Gasteiger partial charge in [0.1, 0.15) is 17.0 Å². The predicted octanol–water partition coefficient (Wildman–Crippen LogP) is 3.33. The fraction of sp³-hybridized carbons (Fsp3) is 0.571. The summed E-state index contributed by atoms with van der Waals surface area (Å²) < 4.78 is 1.60. The summed E-state index contributed by atoms with van der Waals surface area (Å²) in [6, 6.07) is 1.59. The number of nitrogens with zero attached hydrogens (tertiary/aromatic N) is 2. The smallest absolute Gasteiger partial charge is 0.276 e.